The van der Waals surface area contributed by atoms with Crippen LogP contribution in [-0.4, -0.2) is 39.8 Å². The normalized spacial score (nSPS) is 10.5. The maximum absolute atomic E-state index is 14.7. The number of ether oxygens (including phenoxy) is 1. The average Bonchev–Trinajstić information content (AvgIpc) is 3.23. The number of nitrogens with one attached hydrogen (secondary N) is 2. The van der Waals surface area contributed by atoms with Crippen LogP contribution in [0, 0.1) is 5.82 Å². The van der Waals surface area contributed by atoms with Gasteiger partial charge in [-0.1, -0.05) is 18.7 Å². The molecule has 0 aliphatic rings. The van der Waals surface area contributed by atoms with E-state index in [-0.39, 0.29) is 23.6 Å². The molecule has 0 bridgehead atoms. The summed E-state index contributed by atoms with van der Waals surface area (Å²) in [5, 5.41) is 9.89. The lowest BCUT2D eigenvalue weighted by Gasteiger charge is -2.16. The first kappa shape index (κ1) is 23.4. The third-order valence-corrected chi connectivity index (χ3v) is 4.96. The largest absolute Gasteiger partial charge is 0.438 e. The Kier molecular flexibility index (Phi) is 6.72. The molecule has 0 saturated carbocycles. The Morgan fingerprint density at radius 1 is 1.17 bits per heavy atom. The molecule has 4 aromatic rings. The van der Waals surface area contributed by atoms with Crippen LogP contribution in [0.4, 0.5) is 27.4 Å². The zero-order valence-electron chi connectivity index (χ0n) is 19.5. The van der Waals surface area contributed by atoms with E-state index >= 15 is 0 Å². The molecule has 2 heterocycles. The molecular weight excluding hydrogens is 449 g/mol. The maximum atomic E-state index is 14.7. The van der Waals surface area contributed by atoms with E-state index in [2.05, 4.69) is 32.3 Å². The summed E-state index contributed by atoms with van der Waals surface area (Å²) in [5.74, 6) is 0.174. The summed E-state index contributed by atoms with van der Waals surface area (Å²) >= 11 is 0. The topological polar surface area (TPSA) is 97.2 Å². The van der Waals surface area contributed by atoms with Gasteiger partial charge >= 0.3 is 0 Å². The van der Waals surface area contributed by atoms with Crippen LogP contribution in [0.5, 0.6) is 11.6 Å². The highest BCUT2D eigenvalue weighted by atomic mass is 19.1. The quantitative estimate of drug-likeness (QED) is 0.357. The van der Waals surface area contributed by atoms with Gasteiger partial charge in [0.25, 0.3) is 0 Å². The van der Waals surface area contributed by atoms with E-state index in [1.165, 1.54) is 12.1 Å². The van der Waals surface area contributed by atoms with Crippen molar-refractivity contribution in [3.63, 3.8) is 0 Å². The van der Waals surface area contributed by atoms with Crippen LogP contribution in [-0.2, 0) is 11.8 Å². The minimum atomic E-state index is -0.384. The molecule has 0 unspecified atom stereocenters. The van der Waals surface area contributed by atoms with E-state index in [0.717, 1.165) is 0 Å². The van der Waals surface area contributed by atoms with Crippen molar-refractivity contribution < 1.29 is 13.9 Å². The monoisotopic (exact) mass is 473 g/mol. The van der Waals surface area contributed by atoms with Gasteiger partial charge in [0.2, 0.25) is 17.7 Å². The number of aryl methyl sites for hydroxylation is 1. The Morgan fingerprint density at radius 2 is 2.00 bits per heavy atom. The first-order chi connectivity index (χ1) is 16.8. The van der Waals surface area contributed by atoms with E-state index in [9.17, 15) is 9.18 Å². The van der Waals surface area contributed by atoms with Crippen molar-refractivity contribution >= 4 is 28.9 Å². The summed E-state index contributed by atoms with van der Waals surface area (Å²) in [4.78, 5) is 22.3. The van der Waals surface area contributed by atoms with Gasteiger partial charge in [0, 0.05) is 45.3 Å². The van der Waals surface area contributed by atoms with Gasteiger partial charge in [0.1, 0.15) is 11.6 Å². The summed E-state index contributed by atoms with van der Waals surface area (Å²) in [6, 6.07) is 11.7. The maximum Gasteiger partial charge on any atom is 0.247 e. The van der Waals surface area contributed by atoms with E-state index in [1.54, 1.807) is 85.7 Å². The van der Waals surface area contributed by atoms with Crippen LogP contribution in [0.2, 0.25) is 0 Å². The first-order valence-corrected chi connectivity index (χ1v) is 10.6. The van der Waals surface area contributed by atoms with Gasteiger partial charge in [-0.05, 0) is 35.9 Å². The van der Waals surface area contributed by atoms with Gasteiger partial charge in [-0.3, -0.25) is 9.48 Å². The molecule has 10 heteroatoms. The predicted molar refractivity (Wildman–Crippen MR) is 134 cm³/mol. The molecule has 0 atom stereocenters. The predicted octanol–water partition coefficient (Wildman–Crippen LogP) is 4.74. The molecular formula is C25H24FN7O2. The van der Waals surface area contributed by atoms with Crippen LogP contribution in [0.3, 0.4) is 0 Å². The second kappa shape index (κ2) is 10.0. The van der Waals surface area contributed by atoms with Crippen molar-refractivity contribution in [2.45, 2.75) is 0 Å². The number of amides is 1. The van der Waals surface area contributed by atoms with Crippen LogP contribution in [0.1, 0.15) is 0 Å². The Hall–Kier alpha value is -4.73. The lowest BCUT2D eigenvalue weighted by molar-refractivity contribution is -0.111. The van der Waals surface area contributed by atoms with E-state index < -0.39 is 0 Å². The van der Waals surface area contributed by atoms with Crippen molar-refractivity contribution in [2.75, 3.05) is 29.6 Å². The molecule has 0 spiro atoms. The SMILES string of the molecule is C=CC(=O)Nc1cccc(Oc2nc(Nc3cnn(C)c3)ncc2-c2ccc(N(C)C)c(F)c2)c1. The molecule has 2 aromatic heterocycles. The van der Waals surface area contributed by atoms with Gasteiger partial charge in [-0.15, -0.1) is 0 Å². The minimum Gasteiger partial charge on any atom is -0.438 e. The van der Waals surface area contributed by atoms with Crippen molar-refractivity contribution in [2.24, 2.45) is 7.05 Å². The van der Waals surface area contributed by atoms with Crippen molar-refractivity contribution in [3.05, 3.63) is 79.5 Å². The van der Waals surface area contributed by atoms with Crippen LogP contribution < -0.4 is 20.3 Å². The molecule has 0 radical (unpaired) electrons. The van der Waals surface area contributed by atoms with Gasteiger partial charge in [0.15, 0.2) is 0 Å². The number of hydrogen-bond acceptors (Lipinski definition) is 7. The minimum absolute atomic E-state index is 0.204. The molecule has 2 aromatic carbocycles. The van der Waals surface area contributed by atoms with E-state index in [1.807, 2.05) is 0 Å². The molecule has 178 valence electrons. The smallest absolute Gasteiger partial charge is 0.247 e. The highest BCUT2D eigenvalue weighted by molar-refractivity contribution is 5.98. The highest BCUT2D eigenvalue weighted by Crippen LogP contribution is 2.35. The second-order valence-corrected chi connectivity index (χ2v) is 7.82. The molecule has 0 aliphatic carbocycles. The van der Waals surface area contributed by atoms with E-state index in [4.69, 9.17) is 4.74 Å². The Balaban J connectivity index is 1.72. The number of rotatable bonds is 8. The van der Waals surface area contributed by atoms with Gasteiger partial charge in [-0.25, -0.2) is 9.37 Å². The van der Waals surface area contributed by atoms with Crippen LogP contribution in [0.15, 0.2) is 73.7 Å². The molecule has 35 heavy (non-hydrogen) atoms. The molecule has 2 N–H and O–H groups in total. The highest BCUT2D eigenvalue weighted by Gasteiger charge is 2.16. The fraction of sp³-hybridized carbons (Fsp3) is 0.120. The summed E-state index contributed by atoms with van der Waals surface area (Å²) in [6.45, 7) is 3.45. The average molecular weight is 474 g/mol. The standard InChI is InChI=1S/C25H24FN7O2/c1-5-23(34)29-17-7-6-8-19(12-17)35-24-20(16-9-10-22(32(2)3)21(26)11-16)14-27-25(31-24)30-18-13-28-33(4)15-18/h5-15H,1H2,2-4H3,(H,29,34)(H,27,30,31). The van der Waals surface area contributed by atoms with Crippen LogP contribution in [0.25, 0.3) is 11.1 Å². The van der Waals surface area contributed by atoms with Crippen molar-refractivity contribution in [3.8, 4) is 22.8 Å². The number of carbonyl (C=O) groups is 1. The zero-order valence-corrected chi connectivity index (χ0v) is 19.5. The summed E-state index contributed by atoms with van der Waals surface area (Å²) in [7, 11) is 5.34. The fourth-order valence-electron chi connectivity index (χ4n) is 3.30. The third-order valence-electron chi connectivity index (χ3n) is 4.96. The Labute approximate surface area is 201 Å². The first-order valence-electron chi connectivity index (χ1n) is 10.6. The van der Waals surface area contributed by atoms with Crippen molar-refractivity contribution in [1.82, 2.24) is 19.7 Å². The summed E-state index contributed by atoms with van der Waals surface area (Å²) < 4.78 is 22.5. The fourth-order valence-corrected chi connectivity index (χ4v) is 3.30. The number of halogens is 1. The molecule has 0 saturated heterocycles. The molecule has 4 rings (SSSR count). The molecule has 0 fully saturated rings. The second-order valence-electron chi connectivity index (χ2n) is 7.82. The van der Waals surface area contributed by atoms with Crippen LogP contribution >= 0.6 is 0 Å². The summed E-state index contributed by atoms with van der Waals surface area (Å²) in [6.07, 6.45) is 6.16. The van der Waals surface area contributed by atoms with Gasteiger partial charge < -0.3 is 20.3 Å². The Bertz CT molecular complexity index is 1380. The Morgan fingerprint density at radius 3 is 2.69 bits per heavy atom. The number of nitrogens with zero attached hydrogens (tertiary/aromatic N) is 5. The number of benzene rings is 2. The number of hydrogen-bond donors (Lipinski definition) is 2. The van der Waals surface area contributed by atoms with Gasteiger partial charge in [-0.2, -0.15) is 10.1 Å². The number of anilines is 4. The number of carbonyl (C=O) groups excluding carboxylic acids is 1. The van der Waals surface area contributed by atoms with Crippen molar-refractivity contribution in [1.29, 1.82) is 0 Å². The molecule has 9 nitrogen and oxygen atoms in total. The lowest BCUT2D eigenvalue weighted by atomic mass is 10.1. The van der Waals surface area contributed by atoms with Gasteiger partial charge in [0.05, 0.1) is 23.1 Å². The van der Waals surface area contributed by atoms with E-state index in [0.29, 0.717) is 33.9 Å². The molecule has 1 amide bonds. The molecule has 0 aliphatic heterocycles. The third kappa shape index (κ3) is 5.61. The number of aromatic nitrogens is 4. The summed E-state index contributed by atoms with van der Waals surface area (Å²) in [5.41, 5.74) is 2.72. The zero-order chi connectivity index (χ0) is 24.9. The lowest BCUT2D eigenvalue weighted by Crippen LogP contribution is -2.10.